The molecule has 0 saturated heterocycles. The average molecular weight is 534 g/mol. The van der Waals surface area contributed by atoms with E-state index in [1.807, 2.05) is 0 Å². The van der Waals surface area contributed by atoms with Gasteiger partial charge in [0, 0.05) is 25.3 Å². The summed E-state index contributed by atoms with van der Waals surface area (Å²) in [6, 6.07) is 17.7. The van der Waals surface area contributed by atoms with Crippen LogP contribution in [0.2, 0.25) is 0 Å². The second-order valence-electron chi connectivity index (χ2n) is 7.42. The van der Waals surface area contributed by atoms with E-state index in [-0.39, 0.29) is 33.5 Å². The molecule has 0 atom stereocenters. The van der Waals surface area contributed by atoms with Crippen LogP contribution in [-0.4, -0.2) is 71.0 Å². The van der Waals surface area contributed by atoms with E-state index in [4.69, 9.17) is 0 Å². The summed E-state index contributed by atoms with van der Waals surface area (Å²) >= 11 is 0. The standard InChI is InChI=1S/2C13H24N2P.Fe/c2*1-5-14(6-2)16(15(7-3)8-4)13-11-9-10-12-13;/h2*9-12H,5-8H2,1-4H3;/q-5;-1;. The van der Waals surface area contributed by atoms with E-state index >= 15 is 0 Å². The molecule has 0 saturated carbocycles. The van der Waals surface area contributed by atoms with Gasteiger partial charge in [0.05, 0.1) is 0 Å². The van der Waals surface area contributed by atoms with Crippen LogP contribution < -0.4 is 10.6 Å². The van der Waals surface area contributed by atoms with Gasteiger partial charge in [0.25, 0.3) is 0 Å². The van der Waals surface area contributed by atoms with Crippen molar-refractivity contribution >= 4 is 27.1 Å². The van der Waals surface area contributed by atoms with Crippen LogP contribution in [-0.2, 0) is 17.1 Å². The molecule has 33 heavy (non-hydrogen) atoms. The van der Waals surface area contributed by atoms with E-state index in [9.17, 15) is 0 Å². The molecule has 4 nitrogen and oxygen atoms in total. The van der Waals surface area contributed by atoms with Crippen LogP contribution in [0.4, 0.5) is 0 Å². The van der Waals surface area contributed by atoms with Crippen LogP contribution in [0.15, 0.2) is 48.5 Å². The Morgan fingerprint density at radius 2 is 0.848 bits per heavy atom. The average Bonchev–Trinajstić information content (AvgIpc) is 3.55. The molecule has 0 heterocycles. The fourth-order valence-electron chi connectivity index (χ4n) is 3.97. The maximum Gasteiger partial charge on any atom is 0.00975 e. The molecule has 0 N–H and O–H groups in total. The maximum atomic E-state index is 2.58. The Labute approximate surface area is 218 Å². The smallest absolute Gasteiger partial charge is 0.00975 e. The summed E-state index contributed by atoms with van der Waals surface area (Å²) < 4.78 is 10.3. The van der Waals surface area contributed by atoms with Crippen LogP contribution in [0.3, 0.4) is 0 Å². The fourth-order valence-corrected chi connectivity index (χ4v) is 9.01. The minimum atomic E-state index is -0.279. The number of rotatable bonds is 14. The van der Waals surface area contributed by atoms with Gasteiger partial charge >= 0.3 is 0 Å². The molecular formula is C26H48FeN4P2-6. The van der Waals surface area contributed by atoms with Crippen LogP contribution in [0, 0.1) is 0 Å². The second kappa shape index (κ2) is 19.1. The van der Waals surface area contributed by atoms with E-state index < -0.39 is 0 Å². The van der Waals surface area contributed by atoms with E-state index in [1.165, 1.54) is 10.6 Å². The van der Waals surface area contributed by atoms with Crippen LogP contribution in [0.25, 0.3) is 0 Å². The number of hydrogen-bond acceptors (Lipinski definition) is 4. The molecule has 196 valence electrons. The van der Waals surface area contributed by atoms with Crippen molar-refractivity contribution in [1.29, 1.82) is 0 Å². The van der Waals surface area contributed by atoms with Gasteiger partial charge in [-0.25, -0.2) is 12.1 Å². The van der Waals surface area contributed by atoms with Crippen LogP contribution in [0.1, 0.15) is 55.4 Å². The van der Waals surface area contributed by atoms with Gasteiger partial charge < -0.3 is 29.6 Å². The first-order valence-electron chi connectivity index (χ1n) is 12.6. The van der Waals surface area contributed by atoms with Crippen molar-refractivity contribution in [2.45, 2.75) is 55.4 Å². The number of hydrogen-bond donors (Lipinski definition) is 0. The molecule has 0 radical (unpaired) electrons. The molecule has 0 fully saturated rings. The third-order valence-corrected chi connectivity index (χ3v) is 11.7. The SMILES string of the molecule is CCN(CC)P([c-]1[cH-][cH-][cH-][cH-]1)N(CC)CC.CCN(CC)P([c-]1cccc1)N(CC)CC.[Fe]. The molecular weight excluding hydrogens is 486 g/mol. The summed E-state index contributed by atoms with van der Waals surface area (Å²) in [5.41, 5.74) is 0. The molecule has 0 aliphatic carbocycles. The Bertz CT molecular complexity index is 568. The summed E-state index contributed by atoms with van der Waals surface area (Å²) in [6.07, 6.45) is 0. The molecule has 0 amide bonds. The monoisotopic (exact) mass is 534 g/mol. The summed E-state index contributed by atoms with van der Waals surface area (Å²) in [5, 5.41) is 2.98. The van der Waals surface area contributed by atoms with E-state index in [1.54, 1.807) is 0 Å². The van der Waals surface area contributed by atoms with Crippen LogP contribution in [0.5, 0.6) is 0 Å². The molecule has 0 aliphatic rings. The topological polar surface area (TPSA) is 13.0 Å². The molecule has 0 aliphatic heterocycles. The fraction of sp³-hybridized carbons (Fsp3) is 0.615. The minimum Gasteiger partial charge on any atom is -0.747 e. The first-order chi connectivity index (χ1) is 15.6. The van der Waals surface area contributed by atoms with Crippen molar-refractivity contribution in [2.24, 2.45) is 0 Å². The van der Waals surface area contributed by atoms with Gasteiger partial charge in [-0.3, -0.25) is 18.7 Å². The summed E-state index contributed by atoms with van der Waals surface area (Å²) in [7, 11) is -0.559. The molecule has 7 heteroatoms. The predicted octanol–water partition coefficient (Wildman–Crippen LogP) is 6.05. The zero-order valence-corrected chi connectivity index (χ0v) is 25.2. The Morgan fingerprint density at radius 3 is 1.15 bits per heavy atom. The van der Waals surface area contributed by atoms with Crippen molar-refractivity contribution < 1.29 is 17.1 Å². The Hall–Kier alpha value is -0.0805. The van der Waals surface area contributed by atoms with Crippen molar-refractivity contribution in [2.75, 3.05) is 52.4 Å². The van der Waals surface area contributed by atoms with E-state index in [2.05, 4.69) is 123 Å². The Morgan fingerprint density at radius 1 is 0.545 bits per heavy atom. The molecule has 0 aromatic heterocycles. The first-order valence-corrected chi connectivity index (χ1v) is 15.1. The van der Waals surface area contributed by atoms with Gasteiger partial charge in [-0.15, -0.1) is 5.30 Å². The Balaban J connectivity index is 0.000000602. The Kier molecular flexibility index (Phi) is 19.1. The van der Waals surface area contributed by atoms with Crippen molar-refractivity contribution in [1.82, 2.24) is 18.7 Å². The van der Waals surface area contributed by atoms with Crippen LogP contribution >= 0.6 is 16.4 Å². The molecule has 0 bridgehead atoms. The first kappa shape index (κ1) is 32.9. The number of nitrogens with zero attached hydrogens (tertiary/aromatic N) is 4. The van der Waals surface area contributed by atoms with Crippen molar-refractivity contribution in [3.63, 3.8) is 0 Å². The summed E-state index contributed by atoms with van der Waals surface area (Å²) in [6.45, 7) is 27.1. The second-order valence-corrected chi connectivity index (χ2v) is 11.9. The van der Waals surface area contributed by atoms with Crippen molar-refractivity contribution in [3.05, 3.63) is 48.5 Å². The zero-order chi connectivity index (χ0) is 23.9. The van der Waals surface area contributed by atoms with Gasteiger partial charge in [0.2, 0.25) is 0 Å². The predicted molar refractivity (Wildman–Crippen MR) is 149 cm³/mol. The largest absolute Gasteiger partial charge is 0.747 e. The summed E-state index contributed by atoms with van der Waals surface area (Å²) in [5.74, 6) is 0. The van der Waals surface area contributed by atoms with Gasteiger partial charge in [-0.05, 0) is 52.4 Å². The minimum absolute atomic E-state index is 0. The molecule has 2 rings (SSSR count). The zero-order valence-electron chi connectivity index (χ0n) is 22.3. The third-order valence-electron chi connectivity index (χ3n) is 5.74. The molecule has 2 aromatic rings. The van der Waals surface area contributed by atoms with Gasteiger partial charge in [0.15, 0.2) is 0 Å². The normalized spacial score (nSPS) is 11.6. The molecule has 0 spiro atoms. The van der Waals surface area contributed by atoms with Crippen molar-refractivity contribution in [3.8, 4) is 0 Å². The molecule has 2 aromatic carbocycles. The van der Waals surface area contributed by atoms with E-state index in [0.717, 1.165) is 52.4 Å². The van der Waals surface area contributed by atoms with Gasteiger partial charge in [-0.2, -0.15) is 20.4 Å². The quantitative estimate of drug-likeness (QED) is 0.166. The third kappa shape index (κ3) is 9.83. The van der Waals surface area contributed by atoms with Gasteiger partial charge in [0.1, 0.15) is 0 Å². The molecule has 0 unspecified atom stereocenters. The van der Waals surface area contributed by atoms with Gasteiger partial charge in [-0.1, -0.05) is 55.4 Å². The van der Waals surface area contributed by atoms with E-state index in [0.29, 0.717) is 0 Å². The summed E-state index contributed by atoms with van der Waals surface area (Å²) in [4.78, 5) is 0. The maximum absolute atomic E-state index is 2.58.